The van der Waals surface area contributed by atoms with Crippen molar-refractivity contribution in [3.63, 3.8) is 0 Å². The molecule has 6 nitrogen and oxygen atoms in total. The highest BCUT2D eigenvalue weighted by Crippen LogP contribution is 2.39. The van der Waals surface area contributed by atoms with Crippen molar-refractivity contribution in [2.45, 2.75) is 79.6 Å². The van der Waals surface area contributed by atoms with E-state index in [0.717, 1.165) is 24.8 Å². The molecule has 5 atom stereocenters. The Balaban J connectivity index is 0.000000330. The van der Waals surface area contributed by atoms with Crippen LogP contribution in [0.4, 0.5) is 0 Å². The maximum Gasteiger partial charge on any atom is 0.197 e. The van der Waals surface area contributed by atoms with Gasteiger partial charge in [-0.1, -0.05) is 74.5 Å². The van der Waals surface area contributed by atoms with E-state index in [-0.39, 0.29) is 23.4 Å². The van der Waals surface area contributed by atoms with Crippen molar-refractivity contribution < 1.29 is 23.5 Å². The number of hydrogen-bond acceptors (Lipinski definition) is 6. The van der Waals surface area contributed by atoms with Gasteiger partial charge in [-0.15, -0.1) is 0 Å². The van der Waals surface area contributed by atoms with Crippen LogP contribution in [0.2, 0.25) is 0 Å². The van der Waals surface area contributed by atoms with Crippen molar-refractivity contribution in [1.82, 2.24) is 0 Å². The van der Waals surface area contributed by atoms with Gasteiger partial charge in [0.2, 0.25) is 0 Å². The van der Waals surface area contributed by atoms with E-state index in [1.807, 2.05) is 68.4 Å². The Hall–Kier alpha value is -3.13. The summed E-state index contributed by atoms with van der Waals surface area (Å²) in [5, 5.41) is 8.29. The molecule has 0 radical (unpaired) electrons. The molecule has 2 aliphatic carbocycles. The highest BCUT2D eigenvalue weighted by atomic mass is 31.2. The molecule has 2 aliphatic rings. The summed E-state index contributed by atoms with van der Waals surface area (Å²) in [4.78, 5) is 34.4. The molecule has 2 aromatic carbocycles. The number of ketones is 3. The molecule has 7 heteroatoms. The molecule has 0 N–H and O–H groups in total. The van der Waals surface area contributed by atoms with Crippen LogP contribution in [0.15, 0.2) is 72.8 Å². The van der Waals surface area contributed by atoms with Crippen molar-refractivity contribution in [1.29, 1.82) is 5.26 Å². The van der Waals surface area contributed by atoms with E-state index in [1.54, 1.807) is 32.4 Å². The quantitative estimate of drug-likeness (QED) is 0.171. The maximum absolute atomic E-state index is 12.3. The fourth-order valence-electron chi connectivity index (χ4n) is 5.46. The zero-order valence-electron chi connectivity index (χ0n) is 28.5. The molecule has 45 heavy (non-hydrogen) atoms. The molecular formula is C38H54NO5P. The van der Waals surface area contributed by atoms with Crippen LogP contribution in [-0.4, -0.2) is 37.3 Å². The summed E-state index contributed by atoms with van der Waals surface area (Å²) in [6.07, 6.45) is 6.57. The highest BCUT2D eigenvalue weighted by molar-refractivity contribution is 7.57. The van der Waals surface area contributed by atoms with Gasteiger partial charge in [-0.3, -0.25) is 18.9 Å². The van der Waals surface area contributed by atoms with Gasteiger partial charge in [0.15, 0.2) is 13.2 Å². The van der Waals surface area contributed by atoms with Crippen LogP contribution in [0.5, 0.6) is 0 Å². The first-order chi connectivity index (χ1) is 21.2. The van der Waals surface area contributed by atoms with Gasteiger partial charge in [-0.2, -0.15) is 5.26 Å². The SMILES string of the molecule is C=C(C)C1CCC(C)C(CC(=O)c2ccccc2)C1.CC(=O)C1CCC(C)C(=O)C1.CCOP(C)(C)=O.N#Cc1ccccc1. The number of nitrogens with zero attached hydrogens (tertiary/aromatic N) is 1. The third kappa shape index (κ3) is 16.7. The summed E-state index contributed by atoms with van der Waals surface area (Å²) in [7, 11) is -2.17. The van der Waals surface area contributed by atoms with Crippen molar-refractivity contribution in [2.75, 3.05) is 19.9 Å². The van der Waals surface area contributed by atoms with Crippen molar-refractivity contribution in [3.05, 3.63) is 83.9 Å². The van der Waals surface area contributed by atoms with Gasteiger partial charge in [-0.25, -0.2) is 0 Å². The average Bonchev–Trinajstić information content (AvgIpc) is 3.00. The molecule has 0 aromatic heterocycles. The van der Waals surface area contributed by atoms with Gasteiger partial charge >= 0.3 is 0 Å². The molecule has 0 saturated heterocycles. The molecule has 0 bridgehead atoms. The predicted octanol–water partition coefficient (Wildman–Crippen LogP) is 9.59. The molecule has 2 saturated carbocycles. The number of Topliss-reactive ketones (excluding diaryl/α,β-unsaturated/α-hetero) is 3. The lowest BCUT2D eigenvalue weighted by Gasteiger charge is -2.34. The summed E-state index contributed by atoms with van der Waals surface area (Å²) in [5.41, 5.74) is 2.85. The van der Waals surface area contributed by atoms with E-state index < -0.39 is 7.37 Å². The molecule has 0 aliphatic heterocycles. The molecule has 246 valence electrons. The maximum atomic E-state index is 12.3. The number of hydrogen-bond donors (Lipinski definition) is 0. The Morgan fingerprint density at radius 1 is 0.933 bits per heavy atom. The molecule has 2 fully saturated rings. The minimum atomic E-state index is -2.17. The van der Waals surface area contributed by atoms with Gasteiger partial charge in [0.1, 0.15) is 11.6 Å². The molecule has 4 rings (SSSR count). The monoisotopic (exact) mass is 635 g/mol. The fourth-order valence-corrected chi connectivity index (χ4v) is 6.08. The number of allylic oxidation sites excluding steroid dienone is 1. The van der Waals surface area contributed by atoms with Crippen LogP contribution in [0.25, 0.3) is 0 Å². The minimum Gasteiger partial charge on any atom is -0.329 e. The molecular weight excluding hydrogens is 581 g/mol. The number of nitriles is 1. The standard InChI is InChI=1S/C18H24O.C9H14O2.C7H5N.C4H11O2P/c1-13(2)16-10-9-14(3)17(11-16)12-18(19)15-7-5-4-6-8-15;1-6-3-4-8(7(2)10)5-9(6)11;8-6-7-4-2-1-3-5-7;1-4-6-7(2,3)5/h4-8,14,16-17H,1,9-12H2,2-3H3;6,8H,3-5H2,1-2H3;1-5H;4H2,1-3H3. The summed E-state index contributed by atoms with van der Waals surface area (Å²) in [5.74, 6) is 2.72. The van der Waals surface area contributed by atoms with E-state index >= 15 is 0 Å². The smallest absolute Gasteiger partial charge is 0.197 e. The van der Waals surface area contributed by atoms with Crippen LogP contribution in [0, 0.1) is 40.9 Å². The van der Waals surface area contributed by atoms with Gasteiger partial charge in [-0.05, 0) is 82.8 Å². The first-order valence-electron chi connectivity index (χ1n) is 16.1. The summed E-state index contributed by atoms with van der Waals surface area (Å²) >= 11 is 0. The van der Waals surface area contributed by atoms with Crippen molar-refractivity contribution in [2.24, 2.45) is 29.6 Å². The summed E-state index contributed by atoms with van der Waals surface area (Å²) < 4.78 is 15.4. The van der Waals surface area contributed by atoms with Crippen LogP contribution in [0.1, 0.15) is 95.5 Å². The lowest BCUT2D eigenvalue weighted by Crippen LogP contribution is -2.26. The van der Waals surface area contributed by atoms with E-state index in [9.17, 15) is 18.9 Å². The average molecular weight is 636 g/mol. The van der Waals surface area contributed by atoms with Crippen LogP contribution in [-0.2, 0) is 18.7 Å². The molecule has 0 heterocycles. The number of benzene rings is 2. The molecule has 0 amide bonds. The molecule has 0 spiro atoms. The van der Waals surface area contributed by atoms with E-state index in [4.69, 9.17) is 9.79 Å². The summed E-state index contributed by atoms with van der Waals surface area (Å²) in [6.45, 7) is 17.6. The lowest BCUT2D eigenvalue weighted by molar-refractivity contribution is -0.131. The largest absolute Gasteiger partial charge is 0.329 e. The van der Waals surface area contributed by atoms with Gasteiger partial charge in [0.25, 0.3) is 0 Å². The van der Waals surface area contributed by atoms with E-state index in [0.29, 0.717) is 48.5 Å². The topological polar surface area (TPSA) is 101 Å². The molecule has 5 unspecified atom stereocenters. The highest BCUT2D eigenvalue weighted by Gasteiger charge is 2.30. The van der Waals surface area contributed by atoms with Crippen molar-refractivity contribution in [3.8, 4) is 6.07 Å². The number of carbonyl (C=O) groups is 3. The Morgan fingerprint density at radius 3 is 1.91 bits per heavy atom. The van der Waals surface area contributed by atoms with Crippen LogP contribution < -0.4 is 0 Å². The number of carbonyl (C=O) groups excluding carboxylic acids is 3. The number of rotatable bonds is 7. The van der Waals surface area contributed by atoms with Gasteiger partial charge in [0, 0.05) is 43.6 Å². The first-order valence-corrected chi connectivity index (χ1v) is 18.6. The third-order valence-corrected chi connectivity index (χ3v) is 9.35. The lowest BCUT2D eigenvalue weighted by atomic mass is 9.71. The zero-order chi connectivity index (χ0) is 34.0. The van der Waals surface area contributed by atoms with Crippen LogP contribution >= 0.6 is 7.37 Å². The predicted molar refractivity (Wildman–Crippen MR) is 185 cm³/mol. The Labute approximate surface area is 272 Å². The second kappa shape index (κ2) is 20.8. The summed E-state index contributed by atoms with van der Waals surface area (Å²) in [6, 6.07) is 20.8. The third-order valence-electron chi connectivity index (χ3n) is 8.47. The zero-order valence-corrected chi connectivity index (χ0v) is 29.4. The van der Waals surface area contributed by atoms with E-state index in [1.165, 1.54) is 18.4 Å². The van der Waals surface area contributed by atoms with Crippen LogP contribution in [0.3, 0.4) is 0 Å². The first kappa shape index (κ1) is 39.9. The van der Waals surface area contributed by atoms with Crippen molar-refractivity contribution >= 4 is 24.7 Å². The molecule has 2 aromatic rings. The Kier molecular flexibility index (Phi) is 18.5. The van der Waals surface area contributed by atoms with E-state index in [2.05, 4.69) is 20.4 Å². The Morgan fingerprint density at radius 2 is 1.49 bits per heavy atom. The second-order valence-corrected chi connectivity index (χ2v) is 15.5. The Bertz CT molecular complexity index is 1290. The normalized spacial score (nSPS) is 22.4. The second-order valence-electron chi connectivity index (χ2n) is 12.7. The van der Waals surface area contributed by atoms with Gasteiger partial charge in [0.05, 0.1) is 18.2 Å². The minimum absolute atomic E-state index is 0.0266. The fraction of sp³-hybridized carbons (Fsp3) is 0.526. The van der Waals surface area contributed by atoms with Gasteiger partial charge < -0.3 is 4.52 Å².